The van der Waals surface area contributed by atoms with Crippen LogP contribution < -0.4 is 0 Å². The van der Waals surface area contributed by atoms with E-state index in [0.29, 0.717) is 23.2 Å². The maximum absolute atomic E-state index is 6.80. The average molecular weight is 380 g/mol. The summed E-state index contributed by atoms with van der Waals surface area (Å²) in [5.74, 6) is 0. The predicted molar refractivity (Wildman–Crippen MR) is 109 cm³/mol. The van der Waals surface area contributed by atoms with Crippen LogP contribution in [0.25, 0.3) is 0 Å². The minimum atomic E-state index is -1.93. The molecule has 0 amide bonds. The first kappa shape index (κ1) is 21.5. The third kappa shape index (κ3) is 5.15. The Morgan fingerprint density at radius 2 is 1.81 bits per heavy atom. The lowest BCUT2D eigenvalue weighted by Crippen LogP contribution is -2.48. The summed E-state index contributed by atoms with van der Waals surface area (Å²) in [5.41, 5.74) is 2.75. The molecule has 0 N–H and O–H groups in total. The number of hydrogen-bond donors (Lipinski definition) is 0. The van der Waals surface area contributed by atoms with Gasteiger partial charge in [-0.2, -0.15) is 0 Å². The minimum absolute atomic E-state index is 0.130. The Morgan fingerprint density at radius 3 is 2.31 bits per heavy atom. The van der Waals surface area contributed by atoms with Crippen LogP contribution in [0.5, 0.6) is 0 Å². The zero-order chi connectivity index (χ0) is 19.2. The number of pyridine rings is 1. The first-order chi connectivity index (χ1) is 12.4. The van der Waals surface area contributed by atoms with Gasteiger partial charge in [0, 0.05) is 24.6 Å². The summed E-state index contributed by atoms with van der Waals surface area (Å²) in [6, 6.07) is 4.04. The fourth-order valence-electron chi connectivity index (χ4n) is 4.50. The van der Waals surface area contributed by atoms with Gasteiger partial charge in [-0.1, -0.05) is 47.6 Å². The highest BCUT2D eigenvalue weighted by molar-refractivity contribution is 6.77. The molecule has 0 bridgehead atoms. The third-order valence-electron chi connectivity index (χ3n) is 5.70. The summed E-state index contributed by atoms with van der Waals surface area (Å²) >= 11 is 0. The first-order valence-electron chi connectivity index (χ1n) is 10.2. The van der Waals surface area contributed by atoms with Crippen molar-refractivity contribution >= 4 is 8.32 Å². The second-order valence-corrected chi connectivity index (χ2v) is 13.8. The van der Waals surface area contributed by atoms with Crippen molar-refractivity contribution in [1.82, 2.24) is 4.98 Å². The zero-order valence-electron chi connectivity index (χ0n) is 17.4. The maximum Gasteiger partial charge on any atom is 0.200 e. The largest absolute Gasteiger partial charge is 0.413 e. The van der Waals surface area contributed by atoms with Gasteiger partial charge in [-0.25, -0.2) is 0 Å². The van der Waals surface area contributed by atoms with Gasteiger partial charge in [-0.05, 0) is 42.0 Å². The van der Waals surface area contributed by atoms with Gasteiger partial charge >= 0.3 is 0 Å². The molecular formula is C21H37NO3Si. The molecule has 1 aromatic heterocycles. The molecule has 1 aromatic rings. The number of ether oxygens (including phenoxy) is 2. The molecule has 0 aromatic carbocycles. The molecule has 26 heavy (non-hydrogen) atoms. The van der Waals surface area contributed by atoms with Crippen LogP contribution in [0.3, 0.4) is 0 Å². The molecule has 0 radical (unpaired) electrons. The van der Waals surface area contributed by atoms with Gasteiger partial charge in [0.25, 0.3) is 0 Å². The smallest absolute Gasteiger partial charge is 0.200 e. The number of hydrogen-bond acceptors (Lipinski definition) is 4. The Balaban J connectivity index is 2.17. The molecule has 1 unspecified atom stereocenters. The Bertz CT molecular complexity index is 493. The summed E-state index contributed by atoms with van der Waals surface area (Å²) in [6.45, 7) is 15.3. The molecular weight excluding hydrogens is 342 g/mol. The Kier molecular flexibility index (Phi) is 8.26. The second kappa shape index (κ2) is 9.97. The molecule has 5 heteroatoms. The minimum Gasteiger partial charge on any atom is -0.413 e. The monoisotopic (exact) mass is 379 g/mol. The van der Waals surface area contributed by atoms with Crippen molar-refractivity contribution in [2.24, 2.45) is 0 Å². The molecule has 1 saturated heterocycles. The molecule has 2 rings (SSSR count). The van der Waals surface area contributed by atoms with E-state index >= 15 is 0 Å². The van der Waals surface area contributed by atoms with Gasteiger partial charge in [0.15, 0.2) is 14.6 Å². The fourth-order valence-corrected chi connectivity index (χ4v) is 9.94. The van der Waals surface area contributed by atoms with E-state index in [1.807, 2.05) is 12.3 Å². The van der Waals surface area contributed by atoms with Gasteiger partial charge in [0.05, 0.1) is 6.61 Å². The fraction of sp³-hybridized carbons (Fsp3) is 0.762. The highest BCUT2D eigenvalue weighted by Crippen LogP contribution is 2.43. The second-order valence-electron chi connectivity index (χ2n) is 8.34. The van der Waals surface area contributed by atoms with Crippen LogP contribution in [0.2, 0.25) is 16.6 Å². The lowest BCUT2D eigenvalue weighted by Gasteiger charge is -2.43. The van der Waals surface area contributed by atoms with Gasteiger partial charge in [-0.3, -0.25) is 4.98 Å². The normalized spacial score (nSPS) is 20.1. The summed E-state index contributed by atoms with van der Waals surface area (Å²) in [6.07, 6.45) is 6.67. The molecule has 0 saturated carbocycles. The maximum atomic E-state index is 6.80. The van der Waals surface area contributed by atoms with Crippen molar-refractivity contribution in [3.8, 4) is 0 Å². The SMILES string of the molecule is CC(C)[Si](OC[C@@H](OC1CCCCO1)c1cccnc1)(C(C)C)C(C)C. The van der Waals surface area contributed by atoms with E-state index in [9.17, 15) is 0 Å². The van der Waals surface area contributed by atoms with E-state index in [0.717, 1.165) is 31.4 Å². The summed E-state index contributed by atoms with van der Waals surface area (Å²) in [5, 5.41) is 0. The molecule has 0 aliphatic carbocycles. The molecule has 2 atom stereocenters. The first-order valence-corrected chi connectivity index (χ1v) is 12.3. The number of rotatable bonds is 9. The van der Waals surface area contributed by atoms with Crippen LogP contribution in [-0.2, 0) is 13.9 Å². The molecule has 148 valence electrons. The van der Waals surface area contributed by atoms with Gasteiger partial charge < -0.3 is 13.9 Å². The average Bonchev–Trinajstić information content (AvgIpc) is 2.62. The van der Waals surface area contributed by atoms with Crippen LogP contribution in [0.15, 0.2) is 24.5 Å². The standard InChI is InChI=1S/C21H37NO3Si/c1-16(2)26(17(3)4,18(5)6)24-15-20(19-10-9-12-22-14-19)25-21-11-7-8-13-23-21/h9-10,12,14,16-18,20-21H,7-8,11,13,15H2,1-6H3/t20-,21?/m1/s1. The van der Waals surface area contributed by atoms with Crippen molar-refractivity contribution in [1.29, 1.82) is 0 Å². The molecule has 1 aliphatic rings. The van der Waals surface area contributed by atoms with Crippen LogP contribution in [0.1, 0.15) is 72.5 Å². The number of aromatic nitrogens is 1. The number of nitrogens with zero attached hydrogens (tertiary/aromatic N) is 1. The predicted octanol–water partition coefficient (Wildman–Crippen LogP) is 5.86. The lowest BCUT2D eigenvalue weighted by atomic mass is 10.1. The Morgan fingerprint density at radius 1 is 1.12 bits per heavy atom. The van der Waals surface area contributed by atoms with Crippen molar-refractivity contribution in [2.45, 2.75) is 89.8 Å². The van der Waals surface area contributed by atoms with Crippen molar-refractivity contribution in [3.05, 3.63) is 30.1 Å². The molecule has 1 fully saturated rings. The van der Waals surface area contributed by atoms with Crippen LogP contribution in [0, 0.1) is 0 Å². The summed E-state index contributed by atoms with van der Waals surface area (Å²) in [4.78, 5) is 4.28. The summed E-state index contributed by atoms with van der Waals surface area (Å²) in [7, 11) is -1.93. The van der Waals surface area contributed by atoms with Gasteiger partial charge in [0.1, 0.15) is 6.10 Å². The van der Waals surface area contributed by atoms with Gasteiger partial charge in [0.2, 0.25) is 0 Å². The summed E-state index contributed by atoms with van der Waals surface area (Å²) < 4.78 is 19.0. The van der Waals surface area contributed by atoms with Crippen molar-refractivity contribution in [3.63, 3.8) is 0 Å². The van der Waals surface area contributed by atoms with Crippen LogP contribution in [-0.4, -0.2) is 32.8 Å². The Hall–Kier alpha value is -0.753. The van der Waals surface area contributed by atoms with E-state index in [4.69, 9.17) is 13.9 Å². The van der Waals surface area contributed by atoms with Crippen molar-refractivity contribution in [2.75, 3.05) is 13.2 Å². The topological polar surface area (TPSA) is 40.6 Å². The van der Waals surface area contributed by atoms with Crippen LogP contribution >= 0.6 is 0 Å². The van der Waals surface area contributed by atoms with E-state index in [2.05, 4.69) is 52.6 Å². The molecule has 1 aliphatic heterocycles. The molecule has 4 nitrogen and oxygen atoms in total. The third-order valence-corrected chi connectivity index (χ3v) is 11.8. The van der Waals surface area contributed by atoms with Crippen molar-refractivity contribution < 1.29 is 13.9 Å². The van der Waals surface area contributed by atoms with E-state index in [1.54, 1.807) is 6.20 Å². The highest BCUT2D eigenvalue weighted by atomic mass is 28.4. The quantitative estimate of drug-likeness (QED) is 0.504. The van der Waals surface area contributed by atoms with E-state index < -0.39 is 8.32 Å². The zero-order valence-corrected chi connectivity index (χ0v) is 18.4. The Labute approximate surface area is 160 Å². The van der Waals surface area contributed by atoms with E-state index in [1.165, 1.54) is 0 Å². The highest BCUT2D eigenvalue weighted by Gasteiger charge is 2.45. The van der Waals surface area contributed by atoms with Crippen LogP contribution in [0.4, 0.5) is 0 Å². The molecule has 2 heterocycles. The van der Waals surface area contributed by atoms with E-state index in [-0.39, 0.29) is 12.4 Å². The van der Waals surface area contributed by atoms with Gasteiger partial charge in [-0.15, -0.1) is 0 Å². The lowest BCUT2D eigenvalue weighted by molar-refractivity contribution is -0.196. The molecule has 0 spiro atoms.